The van der Waals surface area contributed by atoms with Crippen LogP contribution in [0.5, 0.6) is 0 Å². The van der Waals surface area contributed by atoms with E-state index in [9.17, 15) is 0 Å². The highest BCUT2D eigenvalue weighted by atomic mass is 14.7. The summed E-state index contributed by atoms with van der Waals surface area (Å²) in [5.41, 5.74) is 0.979. The molecule has 0 rings (SSSR count). The molecule has 0 saturated heterocycles. The summed E-state index contributed by atoms with van der Waals surface area (Å²) in [6, 6.07) is 0. The summed E-state index contributed by atoms with van der Waals surface area (Å²) < 4.78 is 0. The van der Waals surface area contributed by atoms with Gasteiger partial charge < -0.3 is 0 Å². The lowest BCUT2D eigenvalue weighted by Gasteiger charge is -1.84. The van der Waals surface area contributed by atoms with E-state index < -0.39 is 0 Å². The van der Waals surface area contributed by atoms with Crippen molar-refractivity contribution in [1.29, 1.82) is 0 Å². The van der Waals surface area contributed by atoms with Crippen LogP contribution in [0, 0.1) is 11.8 Å². The predicted molar refractivity (Wildman–Crippen MR) is 37.1 cm³/mol. The van der Waals surface area contributed by atoms with Gasteiger partial charge in [0, 0.05) is 7.05 Å². The second kappa shape index (κ2) is 4.39. The zero-order chi connectivity index (χ0) is 6.41. The molecule has 8 heavy (non-hydrogen) atoms. The van der Waals surface area contributed by atoms with Gasteiger partial charge in [-0.05, 0) is 13.3 Å². The molecule has 0 N–H and O–H groups in total. The first kappa shape index (κ1) is 7.23. The van der Waals surface area contributed by atoms with Gasteiger partial charge in [-0.15, -0.1) is 5.92 Å². The van der Waals surface area contributed by atoms with Gasteiger partial charge in [0.15, 0.2) is 0 Å². The zero-order valence-electron chi connectivity index (χ0n) is 5.65. The molecule has 0 aliphatic heterocycles. The maximum Gasteiger partial charge on any atom is 0.0837 e. The molecule has 0 aromatic carbocycles. The number of hydrogen-bond donors (Lipinski definition) is 0. The Morgan fingerprint density at radius 1 is 1.62 bits per heavy atom. The Labute approximate surface area is 50.8 Å². The summed E-state index contributed by atoms with van der Waals surface area (Å²) in [5, 5.41) is 0. The molecule has 44 valence electrons. The van der Waals surface area contributed by atoms with Gasteiger partial charge >= 0.3 is 0 Å². The lowest BCUT2D eigenvalue weighted by atomic mass is 10.3. The molecule has 0 aliphatic rings. The van der Waals surface area contributed by atoms with Gasteiger partial charge in [-0.25, -0.2) is 0 Å². The summed E-state index contributed by atoms with van der Waals surface area (Å²) >= 11 is 0. The van der Waals surface area contributed by atoms with Crippen molar-refractivity contribution in [1.82, 2.24) is 0 Å². The van der Waals surface area contributed by atoms with Gasteiger partial charge in [0.25, 0.3) is 0 Å². The minimum Gasteiger partial charge on any atom is -0.284 e. The molecule has 0 radical (unpaired) electrons. The average Bonchev–Trinajstić information content (AvgIpc) is 1.83. The SMILES string of the molecule is CC#CC(CC)=NC. The third-order valence-electron chi connectivity index (χ3n) is 0.874. The van der Waals surface area contributed by atoms with Crippen molar-refractivity contribution in [3.8, 4) is 11.8 Å². The Morgan fingerprint density at radius 3 is 2.38 bits per heavy atom. The average molecular weight is 109 g/mol. The van der Waals surface area contributed by atoms with Crippen molar-refractivity contribution >= 4 is 5.71 Å². The fourth-order valence-corrected chi connectivity index (χ4v) is 0.447. The van der Waals surface area contributed by atoms with Crippen LogP contribution >= 0.6 is 0 Å². The predicted octanol–water partition coefficient (Wildman–Crippen LogP) is 1.49. The number of rotatable bonds is 1. The minimum atomic E-state index is 0.942. The van der Waals surface area contributed by atoms with Gasteiger partial charge in [-0.3, -0.25) is 4.99 Å². The zero-order valence-corrected chi connectivity index (χ0v) is 5.65. The molecule has 0 unspecified atom stereocenters. The third-order valence-corrected chi connectivity index (χ3v) is 0.874. The van der Waals surface area contributed by atoms with E-state index in [1.807, 2.05) is 13.8 Å². The molecule has 0 bridgehead atoms. The first-order valence-corrected chi connectivity index (χ1v) is 2.73. The normalized spacial score (nSPS) is 10.1. The van der Waals surface area contributed by atoms with Crippen molar-refractivity contribution in [2.24, 2.45) is 4.99 Å². The van der Waals surface area contributed by atoms with Crippen LogP contribution in [0.1, 0.15) is 20.3 Å². The monoisotopic (exact) mass is 109 g/mol. The van der Waals surface area contributed by atoms with E-state index in [0.29, 0.717) is 0 Å². The Hall–Kier alpha value is -0.770. The molecular formula is C7H11N. The van der Waals surface area contributed by atoms with E-state index in [2.05, 4.69) is 16.8 Å². The molecule has 1 heteroatoms. The van der Waals surface area contributed by atoms with E-state index in [4.69, 9.17) is 0 Å². The highest BCUT2D eigenvalue weighted by molar-refractivity contribution is 5.99. The quantitative estimate of drug-likeness (QED) is 0.357. The molecule has 0 aliphatic carbocycles. The van der Waals surface area contributed by atoms with Crippen LogP contribution in [0.25, 0.3) is 0 Å². The Kier molecular flexibility index (Phi) is 3.97. The summed E-state index contributed by atoms with van der Waals surface area (Å²) in [7, 11) is 1.77. The van der Waals surface area contributed by atoms with Crippen LogP contribution in [0.3, 0.4) is 0 Å². The second-order valence-electron chi connectivity index (χ2n) is 1.40. The lowest BCUT2D eigenvalue weighted by molar-refractivity contribution is 1.26. The molecule has 0 atom stereocenters. The highest BCUT2D eigenvalue weighted by Gasteiger charge is 1.81. The molecule has 1 nitrogen and oxygen atoms in total. The summed E-state index contributed by atoms with van der Waals surface area (Å²) in [4.78, 5) is 3.94. The smallest absolute Gasteiger partial charge is 0.0837 e. The van der Waals surface area contributed by atoms with Crippen LogP contribution in [0.2, 0.25) is 0 Å². The minimum absolute atomic E-state index is 0.942. The van der Waals surface area contributed by atoms with E-state index in [-0.39, 0.29) is 0 Å². The Morgan fingerprint density at radius 2 is 2.25 bits per heavy atom. The van der Waals surface area contributed by atoms with E-state index in [0.717, 1.165) is 12.1 Å². The van der Waals surface area contributed by atoms with Crippen LogP contribution in [-0.4, -0.2) is 12.8 Å². The Bertz CT molecular complexity index is 134. The maximum absolute atomic E-state index is 3.94. The lowest BCUT2D eigenvalue weighted by Crippen LogP contribution is -1.88. The number of nitrogens with zero attached hydrogens (tertiary/aromatic N) is 1. The molecule has 0 fully saturated rings. The molecular weight excluding hydrogens is 98.1 g/mol. The van der Waals surface area contributed by atoms with Crippen molar-refractivity contribution in [3.63, 3.8) is 0 Å². The molecule has 0 saturated carbocycles. The summed E-state index contributed by atoms with van der Waals surface area (Å²) in [6.07, 6.45) is 0.942. The molecule has 0 aromatic rings. The molecule has 0 heterocycles. The van der Waals surface area contributed by atoms with Gasteiger partial charge in [-0.2, -0.15) is 0 Å². The van der Waals surface area contributed by atoms with E-state index >= 15 is 0 Å². The van der Waals surface area contributed by atoms with Gasteiger partial charge in [0.2, 0.25) is 0 Å². The largest absolute Gasteiger partial charge is 0.284 e. The standard InChI is InChI=1S/C7H11N/c1-4-6-7(5-2)8-3/h5H2,1-3H3. The first-order valence-electron chi connectivity index (χ1n) is 2.73. The summed E-state index contributed by atoms with van der Waals surface area (Å²) in [5.74, 6) is 5.67. The van der Waals surface area contributed by atoms with Gasteiger partial charge in [0.05, 0.1) is 5.71 Å². The van der Waals surface area contributed by atoms with Gasteiger partial charge in [-0.1, -0.05) is 12.8 Å². The molecule has 0 aromatic heterocycles. The van der Waals surface area contributed by atoms with Crippen molar-refractivity contribution in [3.05, 3.63) is 0 Å². The third kappa shape index (κ3) is 2.41. The second-order valence-corrected chi connectivity index (χ2v) is 1.40. The fraction of sp³-hybridized carbons (Fsp3) is 0.571. The van der Waals surface area contributed by atoms with Crippen molar-refractivity contribution in [2.45, 2.75) is 20.3 Å². The van der Waals surface area contributed by atoms with Crippen LogP contribution < -0.4 is 0 Å². The highest BCUT2D eigenvalue weighted by Crippen LogP contribution is 1.80. The Balaban J connectivity index is 3.86. The fourth-order valence-electron chi connectivity index (χ4n) is 0.447. The molecule has 0 amide bonds. The topological polar surface area (TPSA) is 12.4 Å². The first-order chi connectivity index (χ1) is 3.85. The van der Waals surface area contributed by atoms with Crippen molar-refractivity contribution in [2.75, 3.05) is 7.05 Å². The van der Waals surface area contributed by atoms with Crippen molar-refractivity contribution < 1.29 is 0 Å². The number of aliphatic imine (C=N–C) groups is 1. The number of hydrogen-bond acceptors (Lipinski definition) is 1. The van der Waals surface area contributed by atoms with Gasteiger partial charge in [0.1, 0.15) is 0 Å². The maximum atomic E-state index is 3.94. The van der Waals surface area contributed by atoms with E-state index in [1.54, 1.807) is 7.05 Å². The van der Waals surface area contributed by atoms with E-state index in [1.165, 1.54) is 0 Å². The van der Waals surface area contributed by atoms with Crippen LogP contribution in [0.4, 0.5) is 0 Å². The van der Waals surface area contributed by atoms with Crippen LogP contribution in [0.15, 0.2) is 4.99 Å². The van der Waals surface area contributed by atoms with Crippen LogP contribution in [-0.2, 0) is 0 Å². The molecule has 0 spiro atoms. The summed E-state index contributed by atoms with van der Waals surface area (Å²) in [6.45, 7) is 3.87.